The van der Waals surface area contributed by atoms with E-state index in [0.717, 1.165) is 5.69 Å². The zero-order valence-electron chi connectivity index (χ0n) is 10.7. The Kier molecular flexibility index (Phi) is 3.28. The first-order chi connectivity index (χ1) is 9.84. The highest BCUT2D eigenvalue weighted by Gasteiger charge is 2.09. The van der Waals surface area contributed by atoms with Crippen LogP contribution in [0, 0.1) is 0 Å². The van der Waals surface area contributed by atoms with Crippen molar-refractivity contribution in [2.75, 3.05) is 5.73 Å². The van der Waals surface area contributed by atoms with Crippen LogP contribution in [0.3, 0.4) is 0 Å². The number of nitrogens with zero attached hydrogens (tertiary/aromatic N) is 4. The van der Waals surface area contributed by atoms with Gasteiger partial charge in [-0.1, -0.05) is 30.3 Å². The Morgan fingerprint density at radius 1 is 1.00 bits per heavy atom. The van der Waals surface area contributed by atoms with Gasteiger partial charge in [-0.2, -0.15) is 4.68 Å². The number of tetrazole rings is 1. The van der Waals surface area contributed by atoms with Crippen molar-refractivity contribution in [3.05, 3.63) is 60.4 Å². The number of hydrogen-bond donors (Lipinski definition) is 1. The van der Waals surface area contributed by atoms with Crippen molar-refractivity contribution < 1.29 is 4.74 Å². The molecular formula is C14H13N5O. The van der Waals surface area contributed by atoms with Crippen LogP contribution in [0.5, 0.6) is 5.75 Å². The standard InChI is InChI=1S/C14H13N5O/c15-12-8-4-5-9-13(12)20-10-14-16-17-18-19(14)11-6-2-1-3-7-11/h1-9H,10,15H2. The Labute approximate surface area is 115 Å². The summed E-state index contributed by atoms with van der Waals surface area (Å²) in [5, 5.41) is 11.6. The number of nitrogen functional groups attached to an aromatic ring is 1. The Hall–Kier alpha value is -2.89. The van der Waals surface area contributed by atoms with Gasteiger partial charge in [0.25, 0.3) is 0 Å². The van der Waals surface area contributed by atoms with Crippen LogP contribution in [-0.4, -0.2) is 20.2 Å². The molecule has 0 radical (unpaired) electrons. The maximum absolute atomic E-state index is 5.83. The lowest BCUT2D eigenvalue weighted by atomic mass is 10.3. The third-order valence-corrected chi connectivity index (χ3v) is 2.81. The second kappa shape index (κ2) is 5.40. The highest BCUT2D eigenvalue weighted by Crippen LogP contribution is 2.20. The first-order valence-corrected chi connectivity index (χ1v) is 6.14. The number of benzene rings is 2. The van der Waals surface area contributed by atoms with Crippen LogP contribution < -0.4 is 10.5 Å². The fraction of sp³-hybridized carbons (Fsp3) is 0.0714. The SMILES string of the molecule is Nc1ccccc1OCc1nnnn1-c1ccccc1. The van der Waals surface area contributed by atoms with Gasteiger partial charge >= 0.3 is 0 Å². The normalized spacial score (nSPS) is 10.4. The van der Waals surface area contributed by atoms with Gasteiger partial charge in [-0.25, -0.2) is 0 Å². The summed E-state index contributed by atoms with van der Waals surface area (Å²) in [7, 11) is 0. The van der Waals surface area contributed by atoms with E-state index in [1.165, 1.54) is 0 Å². The lowest BCUT2D eigenvalue weighted by Crippen LogP contribution is -2.07. The molecule has 20 heavy (non-hydrogen) atoms. The van der Waals surface area contributed by atoms with Crippen LogP contribution in [0.2, 0.25) is 0 Å². The summed E-state index contributed by atoms with van der Waals surface area (Å²) in [6, 6.07) is 17.0. The largest absolute Gasteiger partial charge is 0.483 e. The van der Waals surface area contributed by atoms with E-state index in [1.54, 1.807) is 10.7 Å². The van der Waals surface area contributed by atoms with Gasteiger partial charge in [-0.15, -0.1) is 5.10 Å². The molecule has 3 rings (SSSR count). The molecule has 3 aromatic rings. The molecule has 0 bridgehead atoms. The quantitative estimate of drug-likeness (QED) is 0.729. The first-order valence-electron chi connectivity index (χ1n) is 6.14. The molecule has 0 fully saturated rings. The monoisotopic (exact) mass is 267 g/mol. The number of rotatable bonds is 4. The van der Waals surface area contributed by atoms with Crippen molar-refractivity contribution in [3.8, 4) is 11.4 Å². The molecule has 100 valence electrons. The van der Waals surface area contributed by atoms with E-state index in [2.05, 4.69) is 15.5 Å². The molecule has 0 spiro atoms. The predicted octanol–water partition coefficient (Wildman–Crippen LogP) is 1.82. The van der Waals surface area contributed by atoms with E-state index in [4.69, 9.17) is 10.5 Å². The Morgan fingerprint density at radius 3 is 2.55 bits per heavy atom. The van der Waals surface area contributed by atoms with Crippen LogP contribution in [0.15, 0.2) is 54.6 Å². The third kappa shape index (κ3) is 2.44. The van der Waals surface area contributed by atoms with E-state index in [-0.39, 0.29) is 6.61 Å². The summed E-state index contributed by atoms with van der Waals surface area (Å²) < 4.78 is 7.29. The lowest BCUT2D eigenvalue weighted by Gasteiger charge is -2.08. The second-order valence-electron chi connectivity index (χ2n) is 4.17. The van der Waals surface area contributed by atoms with Gasteiger partial charge in [0, 0.05) is 0 Å². The highest BCUT2D eigenvalue weighted by molar-refractivity contribution is 5.51. The van der Waals surface area contributed by atoms with Gasteiger partial charge in [0.05, 0.1) is 11.4 Å². The Morgan fingerprint density at radius 2 is 1.75 bits per heavy atom. The van der Waals surface area contributed by atoms with Crippen LogP contribution in [-0.2, 0) is 6.61 Å². The molecule has 0 amide bonds. The summed E-state index contributed by atoms with van der Waals surface area (Å²) in [4.78, 5) is 0. The molecular weight excluding hydrogens is 254 g/mol. The Balaban J connectivity index is 1.80. The van der Waals surface area contributed by atoms with Gasteiger partial charge < -0.3 is 10.5 Å². The van der Waals surface area contributed by atoms with E-state index in [0.29, 0.717) is 17.3 Å². The highest BCUT2D eigenvalue weighted by atomic mass is 16.5. The van der Waals surface area contributed by atoms with Crippen molar-refractivity contribution in [3.63, 3.8) is 0 Å². The summed E-state index contributed by atoms with van der Waals surface area (Å²) >= 11 is 0. The molecule has 2 N–H and O–H groups in total. The number of para-hydroxylation sites is 3. The number of ether oxygens (including phenoxy) is 1. The molecule has 0 saturated heterocycles. The van der Waals surface area contributed by atoms with Gasteiger partial charge in [0.1, 0.15) is 12.4 Å². The fourth-order valence-corrected chi connectivity index (χ4v) is 1.82. The van der Waals surface area contributed by atoms with Gasteiger partial charge in [-0.3, -0.25) is 0 Å². The van der Waals surface area contributed by atoms with Crippen molar-refractivity contribution in [1.29, 1.82) is 0 Å². The van der Waals surface area contributed by atoms with Crippen LogP contribution >= 0.6 is 0 Å². The maximum Gasteiger partial charge on any atom is 0.194 e. The van der Waals surface area contributed by atoms with Gasteiger partial charge in [0.15, 0.2) is 5.82 Å². The average molecular weight is 267 g/mol. The van der Waals surface area contributed by atoms with Crippen LogP contribution in [0.1, 0.15) is 5.82 Å². The van der Waals surface area contributed by atoms with Gasteiger partial charge in [-0.05, 0) is 34.7 Å². The van der Waals surface area contributed by atoms with E-state index < -0.39 is 0 Å². The molecule has 1 aromatic heterocycles. The number of anilines is 1. The minimum absolute atomic E-state index is 0.246. The molecule has 0 aliphatic carbocycles. The Bertz CT molecular complexity index is 696. The van der Waals surface area contributed by atoms with E-state index >= 15 is 0 Å². The molecule has 0 aliphatic heterocycles. The maximum atomic E-state index is 5.83. The molecule has 0 unspecified atom stereocenters. The number of hydrogen-bond acceptors (Lipinski definition) is 5. The minimum Gasteiger partial charge on any atom is -0.483 e. The first kappa shape index (κ1) is 12.2. The predicted molar refractivity (Wildman–Crippen MR) is 74.3 cm³/mol. The third-order valence-electron chi connectivity index (χ3n) is 2.81. The molecule has 1 heterocycles. The van der Waals surface area contributed by atoms with Crippen molar-refractivity contribution in [2.24, 2.45) is 0 Å². The van der Waals surface area contributed by atoms with Crippen LogP contribution in [0.25, 0.3) is 5.69 Å². The minimum atomic E-state index is 0.246. The summed E-state index contributed by atoms with van der Waals surface area (Å²) in [6.45, 7) is 0.246. The molecule has 0 atom stereocenters. The lowest BCUT2D eigenvalue weighted by molar-refractivity contribution is 0.294. The molecule has 6 nitrogen and oxygen atoms in total. The van der Waals surface area contributed by atoms with Crippen molar-refractivity contribution >= 4 is 5.69 Å². The summed E-state index contributed by atoms with van der Waals surface area (Å²) in [5.74, 6) is 1.23. The smallest absolute Gasteiger partial charge is 0.194 e. The van der Waals surface area contributed by atoms with Crippen molar-refractivity contribution in [1.82, 2.24) is 20.2 Å². The average Bonchev–Trinajstić information content (AvgIpc) is 2.96. The molecule has 6 heteroatoms. The number of aromatic nitrogens is 4. The van der Waals surface area contributed by atoms with Crippen molar-refractivity contribution in [2.45, 2.75) is 6.61 Å². The summed E-state index contributed by atoms with van der Waals surface area (Å²) in [5.41, 5.74) is 7.30. The van der Waals surface area contributed by atoms with Gasteiger partial charge in [0.2, 0.25) is 0 Å². The molecule has 2 aromatic carbocycles. The molecule has 0 saturated carbocycles. The van der Waals surface area contributed by atoms with E-state index in [9.17, 15) is 0 Å². The zero-order chi connectivity index (χ0) is 13.8. The fourth-order valence-electron chi connectivity index (χ4n) is 1.82. The summed E-state index contributed by atoms with van der Waals surface area (Å²) in [6.07, 6.45) is 0. The zero-order valence-corrected chi connectivity index (χ0v) is 10.7. The second-order valence-corrected chi connectivity index (χ2v) is 4.17. The molecule has 0 aliphatic rings. The van der Waals surface area contributed by atoms with Crippen LogP contribution in [0.4, 0.5) is 5.69 Å². The topological polar surface area (TPSA) is 78.8 Å². The van der Waals surface area contributed by atoms with E-state index in [1.807, 2.05) is 48.5 Å². The number of nitrogens with two attached hydrogens (primary N) is 1.